The summed E-state index contributed by atoms with van der Waals surface area (Å²) >= 11 is 0. The zero-order chi connectivity index (χ0) is 14.9. The van der Waals surface area contributed by atoms with Gasteiger partial charge in [0.15, 0.2) is 0 Å². The van der Waals surface area contributed by atoms with Gasteiger partial charge in [0, 0.05) is 24.1 Å². The molecule has 5 nitrogen and oxygen atoms in total. The molecule has 1 N–H and O–H groups in total. The molecule has 0 aliphatic heterocycles. The van der Waals surface area contributed by atoms with Crippen molar-refractivity contribution < 1.29 is 9.66 Å². The second kappa shape index (κ2) is 5.40. The van der Waals surface area contributed by atoms with Crippen molar-refractivity contribution in [3.05, 3.63) is 33.9 Å². The Labute approximate surface area is 119 Å². The summed E-state index contributed by atoms with van der Waals surface area (Å²) in [5.74, 6) is 0. The molecule has 20 heavy (non-hydrogen) atoms. The normalized spacial score (nSPS) is 24.0. The van der Waals surface area contributed by atoms with Crippen molar-refractivity contribution in [2.75, 3.05) is 11.9 Å². The number of nitrogens with one attached hydrogen (secondary N) is 1. The van der Waals surface area contributed by atoms with Crippen LogP contribution in [0.4, 0.5) is 11.4 Å². The highest BCUT2D eigenvalue weighted by molar-refractivity contribution is 5.63. The standard InChI is InChI=1S/C15H22N2O3/c1-5-20-14-9-13(15(14,3)4)16-11-7-6-10(2)8-12(11)17(18)19/h6-8,13-14,16H,5,9H2,1-4H3. The monoisotopic (exact) mass is 278 g/mol. The molecule has 0 aromatic heterocycles. The van der Waals surface area contributed by atoms with E-state index in [4.69, 9.17) is 4.74 Å². The van der Waals surface area contributed by atoms with E-state index in [1.165, 1.54) is 0 Å². The Bertz CT molecular complexity index is 514. The van der Waals surface area contributed by atoms with Crippen molar-refractivity contribution in [3.63, 3.8) is 0 Å². The molecule has 0 heterocycles. The number of rotatable bonds is 5. The maximum Gasteiger partial charge on any atom is 0.292 e. The van der Waals surface area contributed by atoms with Crippen LogP contribution in [-0.2, 0) is 4.74 Å². The van der Waals surface area contributed by atoms with Crippen LogP contribution in [0.25, 0.3) is 0 Å². The number of hydrogen-bond donors (Lipinski definition) is 1. The fourth-order valence-electron chi connectivity index (χ4n) is 2.72. The van der Waals surface area contributed by atoms with Gasteiger partial charge < -0.3 is 10.1 Å². The summed E-state index contributed by atoms with van der Waals surface area (Å²) in [6.45, 7) is 8.81. The van der Waals surface area contributed by atoms with Crippen LogP contribution in [-0.4, -0.2) is 23.7 Å². The van der Waals surface area contributed by atoms with Gasteiger partial charge in [-0.1, -0.05) is 19.9 Å². The highest BCUT2D eigenvalue weighted by atomic mass is 16.6. The molecule has 1 aromatic carbocycles. The number of aryl methyl sites for hydroxylation is 1. The molecule has 1 aliphatic rings. The lowest BCUT2D eigenvalue weighted by Crippen LogP contribution is -2.58. The minimum absolute atomic E-state index is 0.0191. The van der Waals surface area contributed by atoms with E-state index in [0.29, 0.717) is 12.3 Å². The van der Waals surface area contributed by atoms with Crippen molar-refractivity contribution in [1.29, 1.82) is 0 Å². The van der Waals surface area contributed by atoms with Crippen LogP contribution in [0.1, 0.15) is 32.8 Å². The maximum absolute atomic E-state index is 11.1. The zero-order valence-corrected chi connectivity index (χ0v) is 12.5. The first-order valence-corrected chi connectivity index (χ1v) is 6.99. The number of ether oxygens (including phenoxy) is 1. The van der Waals surface area contributed by atoms with Crippen molar-refractivity contribution in [3.8, 4) is 0 Å². The number of nitro groups is 1. The first-order valence-electron chi connectivity index (χ1n) is 6.99. The molecule has 0 radical (unpaired) electrons. The Kier molecular flexibility index (Phi) is 3.99. The maximum atomic E-state index is 11.1. The summed E-state index contributed by atoms with van der Waals surface area (Å²) in [4.78, 5) is 10.8. The van der Waals surface area contributed by atoms with E-state index < -0.39 is 0 Å². The molecule has 0 saturated heterocycles. The Hall–Kier alpha value is -1.62. The van der Waals surface area contributed by atoms with E-state index in [2.05, 4.69) is 19.2 Å². The number of hydrogen-bond acceptors (Lipinski definition) is 4. The predicted octanol–water partition coefficient (Wildman–Crippen LogP) is 3.52. The Balaban J connectivity index is 2.14. The lowest BCUT2D eigenvalue weighted by atomic mass is 9.64. The van der Waals surface area contributed by atoms with E-state index in [-0.39, 0.29) is 28.2 Å². The van der Waals surface area contributed by atoms with Gasteiger partial charge in [-0.25, -0.2) is 0 Å². The topological polar surface area (TPSA) is 64.4 Å². The molecule has 110 valence electrons. The number of nitro benzene ring substituents is 1. The second-order valence-corrected chi connectivity index (χ2v) is 5.98. The average Bonchev–Trinajstić information content (AvgIpc) is 2.39. The van der Waals surface area contributed by atoms with Gasteiger partial charge in [-0.3, -0.25) is 10.1 Å². The fraction of sp³-hybridized carbons (Fsp3) is 0.600. The first kappa shape index (κ1) is 14.8. The lowest BCUT2D eigenvalue weighted by Gasteiger charge is -2.51. The Morgan fingerprint density at radius 2 is 2.20 bits per heavy atom. The van der Waals surface area contributed by atoms with Crippen LogP contribution >= 0.6 is 0 Å². The number of benzene rings is 1. The molecule has 1 aromatic rings. The summed E-state index contributed by atoms with van der Waals surface area (Å²) < 4.78 is 5.68. The first-order chi connectivity index (χ1) is 9.36. The molecule has 1 aliphatic carbocycles. The summed E-state index contributed by atoms with van der Waals surface area (Å²) in [5, 5.41) is 14.4. The van der Waals surface area contributed by atoms with E-state index in [9.17, 15) is 10.1 Å². The van der Waals surface area contributed by atoms with Crippen LogP contribution in [0.3, 0.4) is 0 Å². The highest BCUT2D eigenvalue weighted by Crippen LogP contribution is 2.45. The molecule has 2 unspecified atom stereocenters. The molecular weight excluding hydrogens is 256 g/mol. The third-order valence-corrected chi connectivity index (χ3v) is 4.23. The van der Waals surface area contributed by atoms with Crippen molar-refractivity contribution in [2.45, 2.75) is 46.3 Å². The van der Waals surface area contributed by atoms with Gasteiger partial charge in [-0.05, 0) is 31.9 Å². The third-order valence-electron chi connectivity index (χ3n) is 4.23. The van der Waals surface area contributed by atoms with Crippen molar-refractivity contribution in [1.82, 2.24) is 0 Å². The van der Waals surface area contributed by atoms with Crippen LogP contribution in [0.2, 0.25) is 0 Å². The highest BCUT2D eigenvalue weighted by Gasteiger charge is 2.49. The summed E-state index contributed by atoms with van der Waals surface area (Å²) in [6.07, 6.45) is 1.10. The quantitative estimate of drug-likeness (QED) is 0.661. The van der Waals surface area contributed by atoms with Gasteiger partial charge in [0.25, 0.3) is 5.69 Å². The minimum Gasteiger partial charge on any atom is -0.378 e. The largest absolute Gasteiger partial charge is 0.378 e. The molecular formula is C15H22N2O3. The van der Waals surface area contributed by atoms with Crippen molar-refractivity contribution >= 4 is 11.4 Å². The second-order valence-electron chi connectivity index (χ2n) is 5.98. The van der Waals surface area contributed by atoms with Crippen LogP contribution in [0.15, 0.2) is 18.2 Å². The minimum atomic E-state index is -0.332. The SMILES string of the molecule is CCOC1CC(Nc2ccc(C)cc2[N+](=O)[O-])C1(C)C. The van der Waals surface area contributed by atoms with Gasteiger partial charge in [0.05, 0.1) is 11.0 Å². The third kappa shape index (κ3) is 2.63. The van der Waals surface area contributed by atoms with E-state index >= 15 is 0 Å². The van der Waals surface area contributed by atoms with Gasteiger partial charge in [0.2, 0.25) is 0 Å². The Morgan fingerprint density at radius 1 is 1.50 bits per heavy atom. The number of nitrogens with zero attached hydrogens (tertiary/aromatic N) is 1. The molecule has 0 bridgehead atoms. The van der Waals surface area contributed by atoms with E-state index in [0.717, 1.165) is 12.0 Å². The molecule has 2 rings (SSSR count). The van der Waals surface area contributed by atoms with E-state index in [1.807, 2.05) is 19.9 Å². The molecule has 0 amide bonds. The van der Waals surface area contributed by atoms with Gasteiger partial charge in [-0.15, -0.1) is 0 Å². The number of anilines is 1. The zero-order valence-electron chi connectivity index (χ0n) is 12.5. The van der Waals surface area contributed by atoms with Crippen molar-refractivity contribution in [2.24, 2.45) is 5.41 Å². The van der Waals surface area contributed by atoms with Crippen LogP contribution in [0, 0.1) is 22.5 Å². The van der Waals surface area contributed by atoms with Crippen LogP contribution in [0.5, 0.6) is 0 Å². The summed E-state index contributed by atoms with van der Waals surface area (Å²) in [6, 6.07) is 5.48. The van der Waals surface area contributed by atoms with Crippen LogP contribution < -0.4 is 5.32 Å². The summed E-state index contributed by atoms with van der Waals surface area (Å²) in [5.41, 5.74) is 1.60. The predicted molar refractivity (Wildman–Crippen MR) is 79.1 cm³/mol. The molecule has 1 fully saturated rings. The molecule has 2 atom stereocenters. The van der Waals surface area contributed by atoms with E-state index in [1.54, 1.807) is 12.1 Å². The fourth-order valence-corrected chi connectivity index (χ4v) is 2.72. The van der Waals surface area contributed by atoms with Gasteiger partial charge >= 0.3 is 0 Å². The molecule has 0 spiro atoms. The average molecular weight is 278 g/mol. The lowest BCUT2D eigenvalue weighted by molar-refractivity contribution is -0.384. The summed E-state index contributed by atoms with van der Waals surface area (Å²) in [7, 11) is 0. The molecule has 1 saturated carbocycles. The Morgan fingerprint density at radius 3 is 2.75 bits per heavy atom. The smallest absolute Gasteiger partial charge is 0.292 e. The van der Waals surface area contributed by atoms with Gasteiger partial charge in [0.1, 0.15) is 5.69 Å². The van der Waals surface area contributed by atoms with Gasteiger partial charge in [-0.2, -0.15) is 0 Å². The molecule has 5 heteroatoms.